The number of hydrogen-bond donors (Lipinski definition) is 2. The predicted octanol–water partition coefficient (Wildman–Crippen LogP) is 3.20. The smallest absolute Gasteiger partial charge is 0.191 e. The van der Waals surface area contributed by atoms with Crippen molar-refractivity contribution in [3.63, 3.8) is 0 Å². The summed E-state index contributed by atoms with van der Waals surface area (Å²) in [5.74, 6) is 0.882. The normalized spacial score (nSPS) is 12.4. The summed E-state index contributed by atoms with van der Waals surface area (Å²) in [6, 6.07) is 14.5. The third-order valence-electron chi connectivity index (χ3n) is 4.29. The van der Waals surface area contributed by atoms with Crippen molar-refractivity contribution in [2.45, 2.75) is 26.1 Å². The summed E-state index contributed by atoms with van der Waals surface area (Å²) in [5.41, 5.74) is 2.37. The minimum absolute atomic E-state index is 0.145. The molecule has 29 heavy (non-hydrogen) atoms. The second-order valence-electron chi connectivity index (χ2n) is 6.75. The summed E-state index contributed by atoms with van der Waals surface area (Å²) in [5, 5.41) is 6.54. The van der Waals surface area contributed by atoms with Crippen LogP contribution in [0.4, 0.5) is 4.39 Å². The molecule has 1 unspecified atom stereocenters. The van der Waals surface area contributed by atoms with Gasteiger partial charge in [0, 0.05) is 38.6 Å². The number of rotatable bonds is 8. The molecule has 0 amide bonds. The van der Waals surface area contributed by atoms with Crippen LogP contribution in [0.2, 0.25) is 0 Å². The minimum Gasteiger partial charge on any atom is -0.489 e. The Labute approximate surface area is 170 Å². The fraction of sp³-hybridized carbons (Fsp3) is 0.273. The lowest BCUT2D eigenvalue weighted by Gasteiger charge is -2.18. The van der Waals surface area contributed by atoms with Gasteiger partial charge in [0.15, 0.2) is 5.96 Å². The van der Waals surface area contributed by atoms with Crippen LogP contribution in [0.25, 0.3) is 0 Å². The van der Waals surface area contributed by atoms with Gasteiger partial charge in [-0.2, -0.15) is 0 Å². The molecular formula is C22H26FN5O. The van der Waals surface area contributed by atoms with Crippen molar-refractivity contribution in [3.05, 3.63) is 84.2 Å². The molecule has 6 nitrogen and oxygen atoms in total. The number of aliphatic imine (C=N–C) groups is 1. The van der Waals surface area contributed by atoms with Gasteiger partial charge in [0.25, 0.3) is 0 Å². The average Bonchev–Trinajstić information content (AvgIpc) is 3.21. The van der Waals surface area contributed by atoms with Crippen molar-refractivity contribution in [3.8, 4) is 5.75 Å². The van der Waals surface area contributed by atoms with Crippen molar-refractivity contribution >= 4 is 5.96 Å². The molecule has 0 saturated heterocycles. The Morgan fingerprint density at radius 3 is 2.76 bits per heavy atom. The van der Waals surface area contributed by atoms with Gasteiger partial charge in [0.2, 0.25) is 0 Å². The molecule has 1 heterocycles. The van der Waals surface area contributed by atoms with Crippen LogP contribution < -0.4 is 15.4 Å². The molecule has 152 valence electrons. The molecule has 0 aliphatic carbocycles. The topological polar surface area (TPSA) is 63.5 Å². The molecule has 0 spiro atoms. The summed E-state index contributed by atoms with van der Waals surface area (Å²) in [6.07, 6.45) is 5.39. The van der Waals surface area contributed by atoms with E-state index in [2.05, 4.69) is 38.8 Å². The van der Waals surface area contributed by atoms with E-state index in [1.807, 2.05) is 30.1 Å². The summed E-state index contributed by atoms with van der Waals surface area (Å²) < 4.78 is 21.0. The Bertz CT molecular complexity index is 926. The van der Waals surface area contributed by atoms with E-state index in [0.717, 1.165) is 12.1 Å². The van der Waals surface area contributed by atoms with Crippen molar-refractivity contribution in [2.24, 2.45) is 4.99 Å². The Balaban J connectivity index is 1.46. The molecule has 7 heteroatoms. The van der Waals surface area contributed by atoms with E-state index in [4.69, 9.17) is 4.74 Å². The van der Waals surface area contributed by atoms with E-state index in [1.54, 1.807) is 25.4 Å². The summed E-state index contributed by atoms with van der Waals surface area (Å²) in [6.45, 7) is 3.90. The van der Waals surface area contributed by atoms with Crippen molar-refractivity contribution < 1.29 is 9.13 Å². The largest absolute Gasteiger partial charge is 0.489 e. The van der Waals surface area contributed by atoms with Crippen LogP contribution in [0.3, 0.4) is 0 Å². The summed E-state index contributed by atoms with van der Waals surface area (Å²) in [4.78, 5) is 8.32. The fourth-order valence-corrected chi connectivity index (χ4v) is 2.89. The van der Waals surface area contributed by atoms with Crippen molar-refractivity contribution in [1.82, 2.24) is 20.2 Å². The Morgan fingerprint density at radius 1 is 1.17 bits per heavy atom. The molecule has 0 radical (unpaired) electrons. The van der Waals surface area contributed by atoms with Crippen LogP contribution >= 0.6 is 0 Å². The molecule has 0 fully saturated rings. The van der Waals surface area contributed by atoms with Crippen LogP contribution in [-0.2, 0) is 13.1 Å². The highest BCUT2D eigenvalue weighted by Crippen LogP contribution is 2.13. The van der Waals surface area contributed by atoms with E-state index >= 15 is 0 Å². The van der Waals surface area contributed by atoms with Crippen LogP contribution in [-0.4, -0.2) is 35.2 Å². The first-order valence-electron chi connectivity index (χ1n) is 9.52. The number of nitrogens with one attached hydrogen (secondary N) is 2. The Morgan fingerprint density at radius 2 is 2.00 bits per heavy atom. The molecular weight excluding hydrogens is 369 g/mol. The highest BCUT2D eigenvalue weighted by molar-refractivity contribution is 5.79. The van der Waals surface area contributed by atoms with Gasteiger partial charge in [0.05, 0.1) is 12.9 Å². The maximum atomic E-state index is 13.3. The lowest BCUT2D eigenvalue weighted by atomic mass is 10.1. The zero-order valence-corrected chi connectivity index (χ0v) is 16.7. The van der Waals surface area contributed by atoms with E-state index in [9.17, 15) is 4.39 Å². The quantitative estimate of drug-likeness (QED) is 0.454. The Hall–Kier alpha value is -3.35. The number of guanidine groups is 1. The maximum Gasteiger partial charge on any atom is 0.191 e. The molecule has 1 atom stereocenters. The minimum atomic E-state index is -0.310. The number of ether oxygens (including phenoxy) is 1. The predicted molar refractivity (Wildman–Crippen MR) is 112 cm³/mol. The highest BCUT2D eigenvalue weighted by atomic mass is 19.1. The van der Waals surface area contributed by atoms with E-state index in [-0.39, 0.29) is 11.9 Å². The van der Waals surface area contributed by atoms with Crippen molar-refractivity contribution in [2.75, 3.05) is 13.6 Å². The molecule has 1 aromatic heterocycles. The van der Waals surface area contributed by atoms with Gasteiger partial charge in [-0.3, -0.25) is 4.99 Å². The van der Waals surface area contributed by atoms with Crippen LogP contribution in [0.5, 0.6) is 5.75 Å². The zero-order valence-electron chi connectivity index (χ0n) is 16.7. The Kier molecular flexibility index (Phi) is 7.22. The maximum absolute atomic E-state index is 13.3. The summed E-state index contributed by atoms with van der Waals surface area (Å²) in [7, 11) is 1.73. The summed E-state index contributed by atoms with van der Waals surface area (Å²) >= 11 is 0. The third kappa shape index (κ3) is 6.64. The standard InChI is InChI=1S/C22H26FN5O/c1-17(29-21-8-4-7-20(23)12-21)13-26-22(24-2)27-14-18-5-3-6-19(11-18)15-28-10-9-25-16-28/h3-12,16-17H,13-15H2,1-2H3,(H2,24,26,27). The molecule has 2 aromatic carbocycles. The average molecular weight is 395 g/mol. The number of imidazole rings is 1. The highest BCUT2D eigenvalue weighted by Gasteiger charge is 2.07. The van der Waals surface area contributed by atoms with Crippen LogP contribution in [0.15, 0.2) is 72.2 Å². The second-order valence-corrected chi connectivity index (χ2v) is 6.75. The zero-order chi connectivity index (χ0) is 20.5. The third-order valence-corrected chi connectivity index (χ3v) is 4.29. The number of hydrogen-bond acceptors (Lipinski definition) is 3. The van der Waals surface area contributed by atoms with Crippen molar-refractivity contribution in [1.29, 1.82) is 0 Å². The van der Waals surface area contributed by atoms with E-state index in [0.29, 0.717) is 24.8 Å². The molecule has 0 aliphatic rings. The van der Waals surface area contributed by atoms with E-state index in [1.165, 1.54) is 17.7 Å². The SMILES string of the molecule is CN=C(NCc1cccc(Cn2ccnc2)c1)NCC(C)Oc1cccc(F)c1. The monoisotopic (exact) mass is 395 g/mol. The molecule has 3 rings (SSSR count). The van der Waals surface area contributed by atoms with Crippen LogP contribution in [0, 0.1) is 5.82 Å². The second kappa shape index (κ2) is 10.3. The van der Waals surface area contributed by atoms with Crippen LogP contribution in [0.1, 0.15) is 18.1 Å². The molecule has 3 aromatic rings. The van der Waals surface area contributed by atoms with Gasteiger partial charge >= 0.3 is 0 Å². The molecule has 2 N–H and O–H groups in total. The first-order chi connectivity index (χ1) is 14.1. The van der Waals surface area contributed by atoms with Gasteiger partial charge in [0.1, 0.15) is 17.7 Å². The molecule has 0 bridgehead atoms. The van der Waals surface area contributed by atoms with Gasteiger partial charge in [-0.25, -0.2) is 9.37 Å². The fourth-order valence-electron chi connectivity index (χ4n) is 2.89. The lowest BCUT2D eigenvalue weighted by Crippen LogP contribution is -2.41. The van der Waals surface area contributed by atoms with Gasteiger partial charge in [-0.15, -0.1) is 0 Å². The van der Waals surface area contributed by atoms with E-state index < -0.39 is 0 Å². The number of aromatic nitrogens is 2. The van der Waals surface area contributed by atoms with Gasteiger partial charge in [-0.1, -0.05) is 30.3 Å². The lowest BCUT2D eigenvalue weighted by molar-refractivity contribution is 0.223. The number of benzene rings is 2. The first kappa shape index (κ1) is 20.4. The molecule has 0 aliphatic heterocycles. The first-order valence-corrected chi connectivity index (χ1v) is 9.52. The number of halogens is 1. The number of nitrogens with zero attached hydrogens (tertiary/aromatic N) is 3. The molecule has 0 saturated carbocycles. The van der Waals surface area contributed by atoms with Gasteiger partial charge < -0.3 is 19.9 Å². The van der Waals surface area contributed by atoms with Gasteiger partial charge in [-0.05, 0) is 30.2 Å².